The van der Waals surface area contributed by atoms with Crippen molar-refractivity contribution in [3.63, 3.8) is 0 Å². The Hall–Kier alpha value is 0.608. The quantitative estimate of drug-likeness (QED) is 0.484. The van der Waals surface area contributed by atoms with E-state index in [1.54, 1.807) is 0 Å². The van der Waals surface area contributed by atoms with Crippen molar-refractivity contribution in [1.29, 1.82) is 0 Å². The van der Waals surface area contributed by atoms with Crippen molar-refractivity contribution < 1.29 is 8.44 Å². The Bertz CT molecular complexity index is 8.00. The summed E-state index contributed by atoms with van der Waals surface area (Å²) in [6.07, 6.45) is 0. The van der Waals surface area contributed by atoms with Gasteiger partial charge in [0.1, 0.15) is 0 Å². The van der Waals surface area contributed by atoms with Crippen LogP contribution < -0.4 is 0 Å². The molecule has 0 unspecified atom stereocenters. The van der Waals surface area contributed by atoms with Crippen molar-refractivity contribution >= 4 is 22.0 Å². The van der Waals surface area contributed by atoms with Crippen LogP contribution in [0.2, 0.25) is 0 Å². The first-order valence-corrected chi connectivity index (χ1v) is 3.40. The molecule has 0 spiro atoms. The van der Waals surface area contributed by atoms with Gasteiger partial charge in [0.2, 0.25) is 0 Å². The van der Waals surface area contributed by atoms with Crippen LogP contribution in [0.3, 0.4) is 0 Å². The van der Waals surface area contributed by atoms with Crippen LogP contribution in [-0.4, -0.2) is 22.0 Å². The third kappa shape index (κ3) is 18.2. The van der Waals surface area contributed by atoms with E-state index in [-0.39, 0.29) is 0 Å². The minimum atomic E-state index is -4.95. The van der Waals surface area contributed by atoms with Gasteiger partial charge in [0.25, 0.3) is 0 Å². The van der Waals surface area contributed by atoms with Gasteiger partial charge in [0, 0.05) is 0 Å². The Kier molecular flexibility index (Phi) is 2.17. The fourth-order valence-corrected chi connectivity index (χ4v) is 0. The van der Waals surface area contributed by atoms with Crippen LogP contribution in [0.4, 0.5) is 8.44 Å². The molecule has 0 saturated heterocycles. The molecule has 0 aromatic rings. The van der Waals surface area contributed by atoms with Gasteiger partial charge >= 0.3 is 30.4 Å². The van der Waals surface area contributed by atoms with Crippen LogP contribution in [0, 0.1) is 0 Å². The normalized spacial score (nSPS) is 9.00. The molecule has 0 rings (SSSR count). The molecule has 0 nitrogen and oxygen atoms in total. The van der Waals surface area contributed by atoms with Crippen molar-refractivity contribution in [3.05, 3.63) is 0 Å². The average molecular weight is 179 g/mol. The second-order valence-corrected chi connectivity index (χ2v) is 1.29. The van der Waals surface area contributed by atoms with Gasteiger partial charge in [0.15, 0.2) is 0 Å². The summed E-state index contributed by atoms with van der Waals surface area (Å²) in [5, 5.41) is 0. The molecule has 25 valence electrons. The first-order valence-electron chi connectivity index (χ1n) is 0.507. The van der Waals surface area contributed by atoms with E-state index in [4.69, 9.17) is 0 Å². The Labute approximate surface area is 31.0 Å². The zero-order valence-electron chi connectivity index (χ0n) is 1.58. The number of hydrogen-bond donors (Lipinski definition) is 0. The summed E-state index contributed by atoms with van der Waals surface area (Å²) in [5.74, 6) is 0. The number of rotatable bonds is 0. The minimum absolute atomic E-state index is 4.95. The van der Waals surface area contributed by atoms with Crippen molar-refractivity contribution in [2.45, 2.75) is 0 Å². The van der Waals surface area contributed by atoms with Gasteiger partial charge in [-0.05, 0) is 0 Å². The SMILES string of the molecule is [F][Sb+]([F])[F]. The predicted molar refractivity (Wildman–Crippen MR) is 9.08 cm³/mol. The van der Waals surface area contributed by atoms with Gasteiger partial charge in [-0.2, -0.15) is 0 Å². The van der Waals surface area contributed by atoms with E-state index < -0.39 is 22.0 Å². The average Bonchev–Trinajstić information content (AvgIpc) is 0.811. The zero-order valence-corrected chi connectivity index (χ0v) is 4.13. The van der Waals surface area contributed by atoms with Crippen LogP contribution in [0.15, 0.2) is 0 Å². The third-order valence-corrected chi connectivity index (χ3v) is 0. The molecule has 1 radical (unpaired) electrons. The molecule has 4 heteroatoms. The van der Waals surface area contributed by atoms with Crippen molar-refractivity contribution in [3.8, 4) is 0 Å². The molecule has 0 aromatic carbocycles. The van der Waals surface area contributed by atoms with Gasteiger partial charge in [-0.3, -0.25) is 0 Å². The van der Waals surface area contributed by atoms with Gasteiger partial charge in [-0.15, -0.1) is 0 Å². The van der Waals surface area contributed by atoms with E-state index in [1.165, 1.54) is 0 Å². The predicted octanol–water partition coefficient (Wildman–Crippen LogP) is 0.880. The van der Waals surface area contributed by atoms with Gasteiger partial charge in [-0.25, -0.2) is 0 Å². The molecule has 0 aromatic heterocycles. The molecule has 0 aliphatic rings. The summed E-state index contributed by atoms with van der Waals surface area (Å²) in [4.78, 5) is 0. The van der Waals surface area contributed by atoms with Crippen LogP contribution in [0.1, 0.15) is 0 Å². The maximum absolute atomic E-state index is 9.85. The molecule has 0 aliphatic carbocycles. The second-order valence-electron chi connectivity index (χ2n) is 0.192. The molecule has 0 atom stereocenters. The summed E-state index contributed by atoms with van der Waals surface area (Å²) in [6, 6.07) is 0. The molecule has 0 bridgehead atoms. The Morgan fingerprint density at radius 2 is 1.00 bits per heavy atom. The van der Waals surface area contributed by atoms with Crippen LogP contribution in [0.25, 0.3) is 0 Å². The van der Waals surface area contributed by atoms with Crippen LogP contribution in [-0.2, 0) is 0 Å². The summed E-state index contributed by atoms with van der Waals surface area (Å²) < 4.78 is 29.6. The van der Waals surface area contributed by atoms with E-state index in [1.807, 2.05) is 0 Å². The van der Waals surface area contributed by atoms with Crippen LogP contribution >= 0.6 is 0 Å². The molecular formula is F3Sb+. The van der Waals surface area contributed by atoms with E-state index >= 15 is 0 Å². The van der Waals surface area contributed by atoms with E-state index in [0.29, 0.717) is 0 Å². The molecule has 0 N–H and O–H groups in total. The maximum atomic E-state index is 9.85. The molecule has 0 amide bonds. The second kappa shape index (κ2) is 1.89. The molecule has 0 saturated carbocycles. The Morgan fingerprint density at radius 3 is 1.00 bits per heavy atom. The first kappa shape index (κ1) is 4.61. The molecule has 0 heterocycles. The molecule has 4 heavy (non-hydrogen) atoms. The first-order chi connectivity index (χ1) is 1.73. The zero-order chi connectivity index (χ0) is 3.58. The Balaban J connectivity index is 2.32. The van der Waals surface area contributed by atoms with Crippen molar-refractivity contribution in [2.75, 3.05) is 0 Å². The third-order valence-electron chi connectivity index (χ3n) is 0. The fourth-order valence-electron chi connectivity index (χ4n) is 0. The number of halogens is 3. The van der Waals surface area contributed by atoms with Gasteiger partial charge in [0.05, 0.1) is 0 Å². The summed E-state index contributed by atoms with van der Waals surface area (Å²) in [6.45, 7) is 0. The fraction of sp³-hybridized carbons (Fsp3) is 0. The van der Waals surface area contributed by atoms with Gasteiger partial charge < -0.3 is 0 Å². The Morgan fingerprint density at radius 1 is 1.00 bits per heavy atom. The topological polar surface area (TPSA) is 0 Å². The van der Waals surface area contributed by atoms with Crippen molar-refractivity contribution in [1.82, 2.24) is 0 Å². The summed E-state index contributed by atoms with van der Waals surface area (Å²) >= 11 is -4.95. The number of hydrogen-bond acceptors (Lipinski definition) is 0. The summed E-state index contributed by atoms with van der Waals surface area (Å²) in [7, 11) is 0. The standard InChI is InChI=1S/3FH.Sb/h3*1H;/q;;;+4/p-3. The summed E-state index contributed by atoms with van der Waals surface area (Å²) in [5.41, 5.74) is 0. The van der Waals surface area contributed by atoms with Crippen LogP contribution in [0.5, 0.6) is 0 Å². The van der Waals surface area contributed by atoms with E-state index in [0.717, 1.165) is 0 Å². The molecule has 0 fully saturated rings. The van der Waals surface area contributed by atoms with E-state index in [2.05, 4.69) is 0 Å². The van der Waals surface area contributed by atoms with E-state index in [9.17, 15) is 8.44 Å². The van der Waals surface area contributed by atoms with Crippen molar-refractivity contribution in [2.24, 2.45) is 0 Å². The van der Waals surface area contributed by atoms with Gasteiger partial charge in [-0.1, -0.05) is 0 Å². The monoisotopic (exact) mass is 178 g/mol. The molecular weight excluding hydrogens is 179 g/mol. The molecule has 0 aliphatic heterocycles.